The molecule has 0 spiro atoms. The number of benzene rings is 2. The zero-order valence-corrected chi connectivity index (χ0v) is 22.0. The van der Waals surface area contributed by atoms with Crippen LogP contribution in [0.3, 0.4) is 0 Å². The summed E-state index contributed by atoms with van der Waals surface area (Å²) >= 11 is 0. The third-order valence-electron chi connectivity index (χ3n) is 5.14. The van der Waals surface area contributed by atoms with E-state index in [4.69, 9.17) is 10.5 Å². The van der Waals surface area contributed by atoms with Crippen LogP contribution in [0.5, 0.6) is 5.75 Å². The van der Waals surface area contributed by atoms with Gasteiger partial charge in [0.25, 0.3) is 0 Å². The first-order chi connectivity index (χ1) is 18.3. The molecule has 0 atom stereocenters. The molecule has 210 valence electrons. The number of nitrogens with zero attached hydrogens (tertiary/aromatic N) is 4. The van der Waals surface area contributed by atoms with Gasteiger partial charge in [0, 0.05) is 38.1 Å². The molecule has 9 nitrogen and oxygen atoms in total. The van der Waals surface area contributed by atoms with E-state index < -0.39 is 23.4 Å². The number of anilines is 5. The molecule has 2 aromatic carbocycles. The van der Waals surface area contributed by atoms with Crippen LogP contribution in [0, 0.1) is 5.82 Å². The number of ether oxygens (including phenoxy) is 1. The molecule has 39 heavy (non-hydrogen) atoms. The van der Waals surface area contributed by atoms with Crippen LogP contribution in [0.15, 0.2) is 61.3 Å². The number of carbonyl (C=O) groups excluding carboxylic acids is 1. The van der Waals surface area contributed by atoms with Crippen molar-refractivity contribution in [2.75, 3.05) is 62.6 Å². The number of nitrogens with one attached hydrogen (secondary N) is 2. The van der Waals surface area contributed by atoms with Crippen LogP contribution in [-0.4, -0.2) is 62.1 Å². The Morgan fingerprint density at radius 2 is 1.87 bits per heavy atom. The zero-order valence-electron chi connectivity index (χ0n) is 22.0. The van der Waals surface area contributed by atoms with Crippen molar-refractivity contribution in [2.24, 2.45) is 0 Å². The molecule has 0 fully saturated rings. The molecular weight excluding hydrogens is 518 g/mol. The fourth-order valence-electron chi connectivity index (χ4n) is 3.12. The predicted octanol–water partition coefficient (Wildman–Crippen LogP) is 4.78. The normalized spacial score (nSPS) is 10.8. The molecule has 0 unspecified atom stereocenters. The van der Waals surface area contributed by atoms with Gasteiger partial charge < -0.3 is 30.9 Å². The first kappa shape index (κ1) is 30.8. The van der Waals surface area contributed by atoms with Crippen molar-refractivity contribution in [3.8, 4) is 5.75 Å². The van der Waals surface area contributed by atoms with E-state index in [0.29, 0.717) is 6.20 Å². The minimum atomic E-state index is -4.64. The van der Waals surface area contributed by atoms with Gasteiger partial charge in [-0.2, -0.15) is 18.2 Å². The van der Waals surface area contributed by atoms with Crippen molar-refractivity contribution >= 4 is 34.7 Å². The minimum absolute atomic E-state index is 0.128. The number of methoxy groups -OCH3 is 1. The summed E-state index contributed by atoms with van der Waals surface area (Å²) < 4.78 is 56.4. The quantitative estimate of drug-likeness (QED) is 0.259. The summed E-state index contributed by atoms with van der Waals surface area (Å²) in [5.41, 5.74) is 5.97. The van der Waals surface area contributed by atoms with E-state index >= 15 is 0 Å². The van der Waals surface area contributed by atoms with E-state index in [9.17, 15) is 22.4 Å². The number of alkyl halides is 3. The molecule has 0 aliphatic carbocycles. The highest BCUT2D eigenvalue weighted by Gasteiger charge is 2.35. The van der Waals surface area contributed by atoms with Crippen molar-refractivity contribution in [3.63, 3.8) is 0 Å². The van der Waals surface area contributed by atoms with Gasteiger partial charge in [-0.05, 0) is 50.5 Å². The van der Waals surface area contributed by atoms with E-state index in [1.54, 1.807) is 7.11 Å². The van der Waals surface area contributed by atoms with Gasteiger partial charge in [0.2, 0.25) is 11.9 Å². The SMILES string of the molecule is C=CC(=O)Nc1ccc(OC)cc1N(C)CCN(C)C.Nc1ncc(C(F)(F)F)c(Nc2cccc(F)c2)n1. The Balaban J connectivity index is 0.000000274. The first-order valence-electron chi connectivity index (χ1n) is 11.5. The maximum absolute atomic E-state index is 13.0. The second-order valence-electron chi connectivity index (χ2n) is 8.42. The first-order valence-corrected chi connectivity index (χ1v) is 11.5. The number of hydrogen-bond donors (Lipinski definition) is 3. The van der Waals surface area contributed by atoms with E-state index in [1.807, 2.05) is 39.3 Å². The van der Waals surface area contributed by atoms with Crippen molar-refractivity contribution < 1.29 is 27.1 Å². The monoisotopic (exact) mass is 549 g/mol. The summed E-state index contributed by atoms with van der Waals surface area (Å²) in [5, 5.41) is 5.18. The number of likely N-dealkylation sites (N-methyl/N-ethyl adjacent to an activating group) is 2. The molecule has 3 rings (SSSR count). The lowest BCUT2D eigenvalue weighted by molar-refractivity contribution is -0.137. The molecular formula is C26H31F4N7O2. The van der Waals surface area contributed by atoms with Crippen molar-refractivity contribution in [1.82, 2.24) is 14.9 Å². The fourth-order valence-corrected chi connectivity index (χ4v) is 3.12. The average molecular weight is 550 g/mol. The number of amides is 1. The Bertz CT molecular complexity index is 1270. The van der Waals surface area contributed by atoms with Gasteiger partial charge >= 0.3 is 6.18 Å². The van der Waals surface area contributed by atoms with Gasteiger partial charge in [0.05, 0.1) is 18.5 Å². The third kappa shape index (κ3) is 9.78. The van der Waals surface area contributed by atoms with E-state index in [2.05, 4.69) is 37.0 Å². The van der Waals surface area contributed by atoms with E-state index in [-0.39, 0.29) is 17.5 Å². The smallest absolute Gasteiger partial charge is 0.421 e. The summed E-state index contributed by atoms with van der Waals surface area (Å²) in [6, 6.07) is 10.5. The van der Waals surface area contributed by atoms with Gasteiger partial charge in [0.1, 0.15) is 22.9 Å². The molecule has 1 heterocycles. The number of aromatic nitrogens is 2. The predicted molar refractivity (Wildman–Crippen MR) is 145 cm³/mol. The molecule has 1 aromatic heterocycles. The van der Waals surface area contributed by atoms with Crippen LogP contribution in [-0.2, 0) is 11.0 Å². The van der Waals surface area contributed by atoms with Crippen molar-refractivity contribution in [3.05, 3.63) is 72.7 Å². The lowest BCUT2D eigenvalue weighted by Gasteiger charge is -2.24. The van der Waals surface area contributed by atoms with Gasteiger partial charge in [-0.3, -0.25) is 4.79 Å². The molecule has 4 N–H and O–H groups in total. The standard InChI is InChI=1S/C15H23N3O2.C11H8F4N4/c1-6-15(19)16-13-8-7-12(20-5)11-14(13)18(4)10-9-17(2)3;12-6-2-1-3-7(4-6)18-9-8(11(13,14)15)5-17-10(16)19-9/h6-8,11H,1,9-10H2,2-5H3,(H,16,19);1-5H,(H3,16,17,18,19). The summed E-state index contributed by atoms with van der Waals surface area (Å²) in [7, 11) is 7.67. The molecule has 13 heteroatoms. The highest BCUT2D eigenvalue weighted by Crippen LogP contribution is 2.35. The molecule has 0 aliphatic heterocycles. The largest absolute Gasteiger partial charge is 0.497 e. The van der Waals surface area contributed by atoms with Gasteiger partial charge in [-0.1, -0.05) is 12.6 Å². The number of carbonyl (C=O) groups is 1. The molecule has 0 saturated heterocycles. The number of nitrogens with two attached hydrogens (primary N) is 1. The van der Waals surface area contributed by atoms with Crippen LogP contribution in [0.1, 0.15) is 5.56 Å². The third-order valence-corrected chi connectivity index (χ3v) is 5.14. The maximum atomic E-state index is 13.0. The van der Waals surface area contributed by atoms with Crippen LogP contribution < -0.4 is 26.0 Å². The average Bonchev–Trinajstić information content (AvgIpc) is 2.87. The topological polar surface area (TPSA) is 109 Å². The lowest BCUT2D eigenvalue weighted by Crippen LogP contribution is -2.29. The van der Waals surface area contributed by atoms with Crippen molar-refractivity contribution in [2.45, 2.75) is 6.18 Å². The molecule has 0 aliphatic rings. The summed E-state index contributed by atoms with van der Waals surface area (Å²) in [4.78, 5) is 22.5. The Labute approximate surface area is 224 Å². The summed E-state index contributed by atoms with van der Waals surface area (Å²) in [6.45, 7) is 5.23. The number of nitrogen functional groups attached to an aromatic ring is 1. The number of halogens is 4. The second kappa shape index (κ2) is 14.0. The Hall–Kier alpha value is -4.39. The lowest BCUT2D eigenvalue weighted by atomic mass is 10.2. The van der Waals surface area contributed by atoms with Crippen LogP contribution in [0.2, 0.25) is 0 Å². The molecule has 0 bridgehead atoms. The fraction of sp³-hybridized carbons (Fsp3) is 0.269. The van der Waals surface area contributed by atoms with Gasteiger partial charge in [-0.15, -0.1) is 0 Å². The van der Waals surface area contributed by atoms with E-state index in [0.717, 1.165) is 36.3 Å². The van der Waals surface area contributed by atoms with Crippen molar-refractivity contribution in [1.29, 1.82) is 0 Å². The Morgan fingerprint density at radius 3 is 2.46 bits per heavy atom. The highest BCUT2D eigenvalue weighted by atomic mass is 19.4. The minimum Gasteiger partial charge on any atom is -0.497 e. The van der Waals surface area contributed by atoms with Gasteiger partial charge in [0.15, 0.2) is 0 Å². The van der Waals surface area contributed by atoms with Crippen LogP contribution >= 0.6 is 0 Å². The second-order valence-corrected chi connectivity index (χ2v) is 8.42. The number of hydrogen-bond acceptors (Lipinski definition) is 8. The molecule has 0 saturated carbocycles. The summed E-state index contributed by atoms with van der Waals surface area (Å²) in [6.07, 6.45) is -2.80. The van der Waals surface area contributed by atoms with Gasteiger partial charge in [-0.25, -0.2) is 9.37 Å². The van der Waals surface area contributed by atoms with Crippen LogP contribution in [0.4, 0.5) is 46.4 Å². The Kier molecular flexibility index (Phi) is 11.0. The van der Waals surface area contributed by atoms with E-state index in [1.165, 1.54) is 24.3 Å². The highest BCUT2D eigenvalue weighted by molar-refractivity contribution is 6.01. The zero-order chi connectivity index (χ0) is 29.2. The molecule has 3 aromatic rings. The summed E-state index contributed by atoms with van der Waals surface area (Å²) in [5.74, 6) is -0.885. The number of rotatable bonds is 9. The maximum Gasteiger partial charge on any atom is 0.421 e. The Morgan fingerprint density at radius 1 is 1.15 bits per heavy atom. The van der Waals surface area contributed by atoms with Crippen LogP contribution in [0.25, 0.3) is 0 Å². The molecule has 0 radical (unpaired) electrons. The molecule has 1 amide bonds.